The molecule has 3 aromatic rings. The van der Waals surface area contributed by atoms with E-state index in [4.69, 9.17) is 0 Å². The smallest absolute Gasteiger partial charge is 0.326 e. The van der Waals surface area contributed by atoms with E-state index in [9.17, 15) is 27.2 Å². The van der Waals surface area contributed by atoms with Crippen LogP contribution in [0.15, 0.2) is 48.7 Å². The lowest BCUT2D eigenvalue weighted by molar-refractivity contribution is -0.137. The molecule has 1 aliphatic heterocycles. The number of aromatic nitrogens is 1. The molecule has 1 saturated heterocycles. The van der Waals surface area contributed by atoms with Gasteiger partial charge in [-0.1, -0.05) is 14.0 Å². The number of rotatable bonds is 5. The first kappa shape index (κ1) is 27.4. The molecule has 4 rings (SSSR count). The minimum Gasteiger partial charge on any atom is -0.326 e. The first-order valence-electron chi connectivity index (χ1n) is 11.2. The Balaban J connectivity index is 1.48. The van der Waals surface area contributed by atoms with Crippen LogP contribution in [0.25, 0.3) is 11.1 Å². The molecule has 1 aromatic heterocycles. The number of carbonyl (C=O) groups is 2. The highest BCUT2D eigenvalue weighted by molar-refractivity contribution is 7.64. The highest BCUT2D eigenvalue weighted by atomic mass is 31.1. The number of carbonyl (C=O) groups excluding carboxylic acids is 2. The normalized spacial score (nSPS) is 15.8. The molecule has 200 valence electrons. The van der Waals surface area contributed by atoms with Crippen LogP contribution in [0.1, 0.15) is 12.0 Å². The van der Waals surface area contributed by atoms with E-state index in [0.29, 0.717) is 17.1 Å². The Morgan fingerprint density at radius 2 is 1.79 bits per heavy atom. The van der Waals surface area contributed by atoms with Crippen molar-refractivity contribution in [3.05, 3.63) is 71.7 Å². The summed E-state index contributed by atoms with van der Waals surface area (Å²) in [5.41, 5.74) is -0.969. The van der Waals surface area contributed by atoms with E-state index in [2.05, 4.69) is 10.3 Å². The van der Waals surface area contributed by atoms with E-state index >= 15 is 8.78 Å². The molecule has 0 aliphatic carbocycles. The summed E-state index contributed by atoms with van der Waals surface area (Å²) in [6, 6.07) is 5.26. The molecule has 2 aromatic carbocycles. The Kier molecular flexibility index (Phi) is 7.64. The predicted molar refractivity (Wildman–Crippen MR) is 132 cm³/mol. The molecule has 2 N–H and O–H groups in total. The van der Waals surface area contributed by atoms with E-state index in [1.807, 2.05) is 18.6 Å². The highest BCUT2D eigenvalue weighted by Crippen LogP contribution is 2.35. The van der Waals surface area contributed by atoms with E-state index in [-0.39, 0.29) is 30.3 Å². The van der Waals surface area contributed by atoms with Gasteiger partial charge in [0.25, 0.3) is 0 Å². The van der Waals surface area contributed by atoms with Crippen molar-refractivity contribution in [3.63, 3.8) is 0 Å². The number of pyridine rings is 1. The molecule has 1 atom stereocenters. The van der Waals surface area contributed by atoms with Gasteiger partial charge in [-0.15, -0.1) is 0 Å². The third-order valence-corrected chi connectivity index (χ3v) is 7.11. The highest BCUT2D eigenvalue weighted by Gasteiger charge is 2.36. The molecule has 1 aliphatic rings. The summed E-state index contributed by atoms with van der Waals surface area (Å²) in [5.74, 6) is -4.43. The summed E-state index contributed by atoms with van der Waals surface area (Å²) < 4.78 is 82.4. The SMILES string of the molecule is CP(C)c1ncccc1-c1ccc(N2CCC(NC(=O)Nc3ccc(C(F)(F)F)cc3F)C2=O)c(F)c1F. The van der Waals surface area contributed by atoms with Crippen molar-refractivity contribution in [3.8, 4) is 11.1 Å². The molecule has 13 heteroatoms. The van der Waals surface area contributed by atoms with Gasteiger partial charge in [0.05, 0.1) is 22.4 Å². The van der Waals surface area contributed by atoms with Crippen LogP contribution in [0.5, 0.6) is 0 Å². The van der Waals surface area contributed by atoms with Gasteiger partial charge < -0.3 is 15.5 Å². The fourth-order valence-corrected chi connectivity index (χ4v) is 5.06. The second-order valence-corrected chi connectivity index (χ2v) is 10.9. The maximum absolute atomic E-state index is 15.1. The number of alkyl halides is 3. The summed E-state index contributed by atoms with van der Waals surface area (Å²) in [6.07, 6.45) is -3.15. The van der Waals surface area contributed by atoms with Crippen molar-refractivity contribution in [2.45, 2.75) is 18.6 Å². The number of nitrogens with one attached hydrogen (secondary N) is 2. The molecule has 6 nitrogen and oxygen atoms in total. The summed E-state index contributed by atoms with van der Waals surface area (Å²) >= 11 is 0. The third kappa shape index (κ3) is 5.45. The molecule has 3 amide bonds. The first-order chi connectivity index (χ1) is 17.9. The number of benzene rings is 2. The second kappa shape index (κ2) is 10.6. The number of urea groups is 1. The molecular weight excluding hydrogens is 533 g/mol. The van der Waals surface area contributed by atoms with Crippen LogP contribution in [0.2, 0.25) is 0 Å². The van der Waals surface area contributed by atoms with Gasteiger partial charge in [0, 0.05) is 23.9 Å². The summed E-state index contributed by atoms with van der Waals surface area (Å²) in [6.45, 7) is 3.82. The van der Waals surface area contributed by atoms with Gasteiger partial charge in [0.2, 0.25) is 5.91 Å². The Morgan fingerprint density at radius 1 is 1.05 bits per heavy atom. The van der Waals surface area contributed by atoms with Gasteiger partial charge in [-0.2, -0.15) is 13.2 Å². The second-order valence-electron chi connectivity index (χ2n) is 8.65. The average molecular weight is 554 g/mol. The quantitative estimate of drug-likeness (QED) is 0.324. The zero-order valence-electron chi connectivity index (χ0n) is 20.0. The lowest BCUT2D eigenvalue weighted by atomic mass is 10.1. The molecule has 0 spiro atoms. The maximum Gasteiger partial charge on any atom is 0.416 e. The van der Waals surface area contributed by atoms with Crippen LogP contribution in [0, 0.1) is 17.5 Å². The predicted octanol–water partition coefficient (Wildman–Crippen LogP) is 5.48. The topological polar surface area (TPSA) is 74.3 Å². The molecule has 0 saturated carbocycles. The van der Waals surface area contributed by atoms with Crippen molar-refractivity contribution >= 4 is 36.7 Å². The van der Waals surface area contributed by atoms with Gasteiger partial charge in [-0.05, 0) is 56.1 Å². The standard InChI is InChI=1S/C25H21F6N4O2P/c1-38(2)22-15(4-3-10-32-22)14-6-8-19(21(28)20(14)27)35-11-9-18(23(35)36)34-24(37)33-17-7-5-13(12-16(17)26)25(29,30)31/h3-8,10,12,18H,9,11H2,1-2H3,(H2,33,34,37). The van der Waals surface area contributed by atoms with Crippen LogP contribution in [0.3, 0.4) is 0 Å². The summed E-state index contributed by atoms with van der Waals surface area (Å²) in [5, 5.41) is 4.34. The minimum absolute atomic E-state index is 0.00446. The van der Waals surface area contributed by atoms with E-state index in [1.54, 1.807) is 18.3 Å². The fraction of sp³-hybridized carbons (Fsp3) is 0.240. The molecule has 0 bridgehead atoms. The van der Waals surface area contributed by atoms with Crippen molar-refractivity contribution < 1.29 is 35.9 Å². The average Bonchev–Trinajstić information content (AvgIpc) is 3.20. The van der Waals surface area contributed by atoms with Gasteiger partial charge in [-0.25, -0.2) is 18.0 Å². The van der Waals surface area contributed by atoms with Crippen molar-refractivity contribution in [2.75, 3.05) is 30.1 Å². The molecule has 38 heavy (non-hydrogen) atoms. The van der Waals surface area contributed by atoms with Gasteiger partial charge >= 0.3 is 12.2 Å². The summed E-state index contributed by atoms with van der Waals surface area (Å²) in [4.78, 5) is 30.4. The molecule has 0 radical (unpaired) electrons. The molecule has 2 heterocycles. The lowest BCUT2D eigenvalue weighted by Gasteiger charge is -2.20. The van der Waals surface area contributed by atoms with Crippen LogP contribution in [0.4, 0.5) is 42.5 Å². The number of amides is 3. The number of hydrogen-bond acceptors (Lipinski definition) is 3. The first-order valence-corrected chi connectivity index (χ1v) is 13.5. The maximum atomic E-state index is 15.1. The van der Waals surface area contributed by atoms with E-state index in [1.165, 1.54) is 12.1 Å². The van der Waals surface area contributed by atoms with E-state index in [0.717, 1.165) is 11.0 Å². The van der Waals surface area contributed by atoms with Crippen LogP contribution < -0.4 is 21.0 Å². The van der Waals surface area contributed by atoms with Gasteiger partial charge in [0.1, 0.15) is 11.9 Å². The number of anilines is 2. The monoisotopic (exact) mass is 554 g/mol. The van der Waals surface area contributed by atoms with Crippen LogP contribution >= 0.6 is 7.92 Å². The van der Waals surface area contributed by atoms with Gasteiger partial charge in [-0.3, -0.25) is 9.78 Å². The Bertz CT molecular complexity index is 1400. The van der Waals surface area contributed by atoms with Crippen molar-refractivity contribution in [2.24, 2.45) is 0 Å². The Morgan fingerprint density at radius 3 is 2.45 bits per heavy atom. The third-order valence-electron chi connectivity index (χ3n) is 5.91. The van der Waals surface area contributed by atoms with Gasteiger partial charge in [0.15, 0.2) is 11.6 Å². The fourth-order valence-electron chi connectivity index (χ4n) is 4.08. The van der Waals surface area contributed by atoms with Crippen molar-refractivity contribution in [1.29, 1.82) is 0 Å². The minimum atomic E-state index is -4.76. The van der Waals surface area contributed by atoms with Crippen LogP contribution in [-0.2, 0) is 11.0 Å². The molecular formula is C25H21F6N4O2P. The lowest BCUT2D eigenvalue weighted by Crippen LogP contribution is -2.43. The van der Waals surface area contributed by atoms with Crippen molar-refractivity contribution in [1.82, 2.24) is 10.3 Å². The zero-order chi connectivity index (χ0) is 27.8. The Labute approximate surface area is 214 Å². The molecule has 1 unspecified atom stereocenters. The Hall–Kier alpha value is -3.66. The largest absolute Gasteiger partial charge is 0.416 e. The number of halogens is 6. The van der Waals surface area contributed by atoms with Crippen LogP contribution in [-0.4, -0.2) is 42.8 Å². The number of hydrogen-bond donors (Lipinski definition) is 2. The number of nitrogens with zero attached hydrogens (tertiary/aromatic N) is 2. The van der Waals surface area contributed by atoms with E-state index < -0.39 is 60.8 Å². The molecule has 1 fully saturated rings. The zero-order valence-corrected chi connectivity index (χ0v) is 20.9. The summed E-state index contributed by atoms with van der Waals surface area (Å²) in [7, 11) is -0.712.